The van der Waals surface area contributed by atoms with Crippen LogP contribution in [0.15, 0.2) is 12.1 Å². The summed E-state index contributed by atoms with van der Waals surface area (Å²) < 4.78 is 0.755. The van der Waals surface area contributed by atoms with Gasteiger partial charge in [-0.1, -0.05) is 11.6 Å². The summed E-state index contributed by atoms with van der Waals surface area (Å²) in [5.41, 5.74) is 5.62. The van der Waals surface area contributed by atoms with Crippen LogP contribution < -0.4 is 5.73 Å². The molecule has 17 heavy (non-hydrogen) atoms. The number of thiophene rings is 1. The molecule has 0 fully saturated rings. The first kappa shape index (κ1) is 16.7. The van der Waals surface area contributed by atoms with Crippen LogP contribution in [0.1, 0.15) is 25.1 Å². The molecule has 1 aromatic rings. The number of nitrogens with two attached hydrogens (primary N) is 1. The predicted molar refractivity (Wildman–Crippen MR) is 75.9 cm³/mol. The van der Waals surface area contributed by atoms with Crippen LogP contribution in [0.5, 0.6) is 0 Å². The standard InChI is InChI=1S/C11H17ClN2OS.ClH/c1-3-14(11(15)6-8(2)13)7-9-4-5-10(12)16-9;/h4-5,8H,3,6-7,13H2,1-2H3;1H. The molecule has 0 radical (unpaired) electrons. The lowest BCUT2D eigenvalue weighted by Gasteiger charge is -2.21. The minimum Gasteiger partial charge on any atom is -0.338 e. The molecule has 0 aliphatic heterocycles. The van der Waals surface area contributed by atoms with E-state index in [2.05, 4.69) is 0 Å². The van der Waals surface area contributed by atoms with E-state index < -0.39 is 0 Å². The minimum absolute atomic E-state index is 0. The van der Waals surface area contributed by atoms with Crippen molar-refractivity contribution in [1.82, 2.24) is 4.90 Å². The van der Waals surface area contributed by atoms with Gasteiger partial charge in [-0.2, -0.15) is 0 Å². The van der Waals surface area contributed by atoms with E-state index in [9.17, 15) is 4.79 Å². The van der Waals surface area contributed by atoms with E-state index in [4.69, 9.17) is 17.3 Å². The number of carbonyl (C=O) groups is 1. The van der Waals surface area contributed by atoms with Gasteiger partial charge in [0.1, 0.15) is 0 Å². The lowest BCUT2D eigenvalue weighted by Crippen LogP contribution is -2.34. The summed E-state index contributed by atoms with van der Waals surface area (Å²) in [5, 5.41) is 0. The van der Waals surface area contributed by atoms with Crippen molar-refractivity contribution in [3.8, 4) is 0 Å². The summed E-state index contributed by atoms with van der Waals surface area (Å²) in [6.45, 7) is 5.13. The van der Waals surface area contributed by atoms with Crippen molar-refractivity contribution < 1.29 is 4.79 Å². The number of hydrogen-bond donors (Lipinski definition) is 1. The first-order chi connectivity index (χ1) is 7.52. The molecule has 1 aromatic heterocycles. The van der Waals surface area contributed by atoms with Gasteiger partial charge in [-0.25, -0.2) is 0 Å². The summed E-state index contributed by atoms with van der Waals surface area (Å²) in [4.78, 5) is 14.7. The molecular weight excluding hydrogens is 279 g/mol. The molecule has 3 nitrogen and oxygen atoms in total. The molecule has 0 spiro atoms. The molecule has 0 saturated heterocycles. The molecule has 0 saturated carbocycles. The fourth-order valence-corrected chi connectivity index (χ4v) is 2.51. The summed E-state index contributed by atoms with van der Waals surface area (Å²) in [7, 11) is 0. The highest BCUT2D eigenvalue weighted by Crippen LogP contribution is 2.22. The van der Waals surface area contributed by atoms with E-state index in [1.807, 2.05) is 26.0 Å². The zero-order chi connectivity index (χ0) is 12.1. The van der Waals surface area contributed by atoms with Crippen molar-refractivity contribution in [3.05, 3.63) is 21.3 Å². The molecule has 1 heterocycles. The normalized spacial score (nSPS) is 11.8. The Balaban J connectivity index is 0.00000256. The molecular formula is C11H18Cl2N2OS. The Bertz CT molecular complexity index is 355. The largest absolute Gasteiger partial charge is 0.338 e. The smallest absolute Gasteiger partial charge is 0.224 e. The van der Waals surface area contributed by atoms with E-state index in [1.54, 1.807) is 4.90 Å². The second-order valence-electron chi connectivity index (χ2n) is 3.80. The quantitative estimate of drug-likeness (QED) is 0.908. The van der Waals surface area contributed by atoms with Crippen LogP contribution in [-0.4, -0.2) is 23.4 Å². The summed E-state index contributed by atoms with van der Waals surface area (Å²) in [5.74, 6) is 0.0991. The van der Waals surface area contributed by atoms with Gasteiger partial charge >= 0.3 is 0 Å². The van der Waals surface area contributed by atoms with Crippen molar-refractivity contribution in [3.63, 3.8) is 0 Å². The third kappa shape index (κ3) is 5.73. The molecule has 98 valence electrons. The third-order valence-electron chi connectivity index (χ3n) is 2.21. The molecule has 2 N–H and O–H groups in total. The fraction of sp³-hybridized carbons (Fsp3) is 0.545. The highest BCUT2D eigenvalue weighted by molar-refractivity contribution is 7.16. The number of rotatable bonds is 5. The van der Waals surface area contributed by atoms with Gasteiger partial charge in [-0.05, 0) is 26.0 Å². The van der Waals surface area contributed by atoms with Crippen LogP contribution in [0.4, 0.5) is 0 Å². The molecule has 6 heteroatoms. The van der Waals surface area contributed by atoms with E-state index in [0.29, 0.717) is 19.5 Å². The minimum atomic E-state index is -0.0894. The average Bonchev–Trinajstić information content (AvgIpc) is 2.59. The van der Waals surface area contributed by atoms with Crippen LogP contribution in [0, 0.1) is 0 Å². The summed E-state index contributed by atoms with van der Waals surface area (Å²) >= 11 is 7.35. The van der Waals surface area contributed by atoms with Gasteiger partial charge in [0, 0.05) is 23.9 Å². The maximum absolute atomic E-state index is 11.8. The Hall–Kier alpha value is -0.290. The van der Waals surface area contributed by atoms with Gasteiger partial charge in [0.15, 0.2) is 0 Å². The third-order valence-corrected chi connectivity index (χ3v) is 3.42. The van der Waals surface area contributed by atoms with Crippen molar-refractivity contribution in [2.75, 3.05) is 6.54 Å². The highest BCUT2D eigenvalue weighted by Gasteiger charge is 2.14. The number of nitrogens with zero attached hydrogens (tertiary/aromatic N) is 1. The molecule has 0 aliphatic carbocycles. The molecule has 0 bridgehead atoms. The summed E-state index contributed by atoms with van der Waals surface area (Å²) in [6.07, 6.45) is 0.396. The van der Waals surface area contributed by atoms with Crippen LogP contribution >= 0.6 is 35.3 Å². The summed E-state index contributed by atoms with van der Waals surface area (Å²) in [6, 6.07) is 3.72. The van der Waals surface area contributed by atoms with Gasteiger partial charge in [0.25, 0.3) is 0 Å². The molecule has 1 amide bonds. The van der Waals surface area contributed by atoms with Crippen molar-refractivity contribution >= 4 is 41.3 Å². The van der Waals surface area contributed by atoms with Gasteiger partial charge in [-0.15, -0.1) is 23.7 Å². The maximum Gasteiger partial charge on any atom is 0.224 e. The van der Waals surface area contributed by atoms with Crippen LogP contribution in [0.3, 0.4) is 0 Å². The van der Waals surface area contributed by atoms with Crippen molar-refractivity contribution in [1.29, 1.82) is 0 Å². The second-order valence-corrected chi connectivity index (χ2v) is 5.59. The van der Waals surface area contributed by atoms with Crippen molar-refractivity contribution in [2.24, 2.45) is 5.73 Å². The second kappa shape index (κ2) is 7.93. The molecule has 0 aromatic carbocycles. The van der Waals surface area contributed by atoms with Gasteiger partial charge in [-0.3, -0.25) is 4.79 Å². The molecule has 1 unspecified atom stereocenters. The number of hydrogen-bond acceptors (Lipinski definition) is 3. The Morgan fingerprint density at radius 3 is 2.65 bits per heavy atom. The first-order valence-electron chi connectivity index (χ1n) is 5.30. The number of amides is 1. The van der Waals surface area contributed by atoms with Crippen LogP contribution in [-0.2, 0) is 11.3 Å². The monoisotopic (exact) mass is 296 g/mol. The first-order valence-corrected chi connectivity index (χ1v) is 6.50. The Labute approximate surface area is 117 Å². The van der Waals surface area contributed by atoms with E-state index >= 15 is 0 Å². The van der Waals surface area contributed by atoms with Gasteiger partial charge in [0.05, 0.1) is 10.9 Å². The predicted octanol–water partition coefficient (Wildman–Crippen LogP) is 2.91. The Morgan fingerprint density at radius 2 is 2.24 bits per heavy atom. The van der Waals surface area contributed by atoms with Crippen LogP contribution in [0.2, 0.25) is 4.34 Å². The van der Waals surface area contributed by atoms with E-state index in [1.165, 1.54) is 11.3 Å². The lowest BCUT2D eigenvalue weighted by molar-refractivity contribution is -0.131. The Morgan fingerprint density at radius 1 is 1.59 bits per heavy atom. The fourth-order valence-electron chi connectivity index (χ4n) is 1.41. The highest BCUT2D eigenvalue weighted by atomic mass is 35.5. The van der Waals surface area contributed by atoms with Gasteiger partial charge in [0.2, 0.25) is 5.91 Å². The number of halogens is 2. The van der Waals surface area contributed by atoms with E-state index in [-0.39, 0.29) is 24.4 Å². The average molecular weight is 297 g/mol. The Kier molecular flexibility index (Phi) is 7.79. The zero-order valence-electron chi connectivity index (χ0n) is 9.98. The lowest BCUT2D eigenvalue weighted by atomic mass is 10.2. The van der Waals surface area contributed by atoms with Gasteiger partial charge < -0.3 is 10.6 Å². The van der Waals surface area contributed by atoms with Crippen LogP contribution in [0.25, 0.3) is 0 Å². The molecule has 1 rings (SSSR count). The van der Waals surface area contributed by atoms with Crippen molar-refractivity contribution in [2.45, 2.75) is 32.9 Å². The van der Waals surface area contributed by atoms with E-state index in [0.717, 1.165) is 9.21 Å². The zero-order valence-corrected chi connectivity index (χ0v) is 12.4. The maximum atomic E-state index is 11.8. The molecule has 0 aliphatic rings. The number of carbonyl (C=O) groups excluding carboxylic acids is 1. The SMILES string of the molecule is CCN(Cc1ccc(Cl)s1)C(=O)CC(C)N.Cl. The molecule has 1 atom stereocenters. The topological polar surface area (TPSA) is 46.3 Å².